The van der Waals surface area contributed by atoms with Crippen LogP contribution in [0.5, 0.6) is 0 Å². The van der Waals surface area contributed by atoms with E-state index >= 15 is 0 Å². The van der Waals surface area contributed by atoms with Crippen LogP contribution in [0, 0.1) is 17.8 Å². The smallest absolute Gasteiger partial charge is 0.0541 e. The number of hydrogen-bond acceptors (Lipinski definition) is 1. The molecular formula is C65H54N2. The van der Waals surface area contributed by atoms with Crippen molar-refractivity contribution >= 4 is 49.6 Å². The maximum Gasteiger partial charge on any atom is 0.0541 e. The van der Waals surface area contributed by atoms with Gasteiger partial charge in [0.05, 0.1) is 11.0 Å². The molecular weight excluding hydrogens is 809 g/mol. The highest BCUT2D eigenvalue weighted by Crippen LogP contribution is 2.62. The van der Waals surface area contributed by atoms with Crippen molar-refractivity contribution in [3.05, 3.63) is 217 Å². The van der Waals surface area contributed by atoms with Crippen molar-refractivity contribution in [3.63, 3.8) is 0 Å². The summed E-state index contributed by atoms with van der Waals surface area (Å²) in [5.74, 6) is 2.78. The summed E-state index contributed by atoms with van der Waals surface area (Å²) >= 11 is 0. The minimum Gasteiger partial charge on any atom is -0.310 e. The number of fused-ring (bicyclic) bond motifs is 7. The lowest BCUT2D eigenvalue weighted by molar-refractivity contribution is -0.00517. The Kier molecular flexibility index (Phi) is 8.55. The summed E-state index contributed by atoms with van der Waals surface area (Å²) in [7, 11) is 0. The van der Waals surface area contributed by atoms with Gasteiger partial charge >= 0.3 is 0 Å². The lowest BCUT2D eigenvalue weighted by atomic mass is 9.48. The van der Waals surface area contributed by atoms with Gasteiger partial charge in [-0.1, -0.05) is 159 Å². The van der Waals surface area contributed by atoms with Gasteiger partial charge in [0.25, 0.3) is 0 Å². The average molecular weight is 863 g/mol. The highest BCUT2D eigenvalue weighted by atomic mass is 15.1. The highest BCUT2D eigenvalue weighted by Gasteiger charge is 2.52. The van der Waals surface area contributed by atoms with E-state index in [2.05, 4.69) is 224 Å². The van der Waals surface area contributed by atoms with Crippen LogP contribution in [0.25, 0.3) is 71.6 Å². The third kappa shape index (κ3) is 6.01. The first-order chi connectivity index (χ1) is 32.9. The monoisotopic (exact) mass is 862 g/mol. The minimum atomic E-state index is -0.143. The van der Waals surface area contributed by atoms with Gasteiger partial charge in [0.15, 0.2) is 0 Å². The van der Waals surface area contributed by atoms with Crippen LogP contribution in [0.2, 0.25) is 0 Å². The topological polar surface area (TPSA) is 8.17 Å². The van der Waals surface area contributed by atoms with Gasteiger partial charge in [-0.05, 0) is 177 Å². The van der Waals surface area contributed by atoms with E-state index in [1.165, 1.54) is 121 Å². The van der Waals surface area contributed by atoms with Gasteiger partial charge in [0.2, 0.25) is 0 Å². The number of rotatable bonds is 7. The molecule has 0 N–H and O–H groups in total. The van der Waals surface area contributed by atoms with E-state index in [9.17, 15) is 0 Å². The standard InChI is InChI=1S/C65H54N2/c1-64(2)59-31-28-48(65-39-42-32-43(40-65)34-44(33-42)41-65)36-58(59)55-30-29-52(38-60(55)64)66(50-20-13-21-51(37-50)67-61-26-8-6-22-56(61)57-23-7-9-27-62(57)67)49-19-10-18-47(35-49)54-25-12-17-46-16-11-24-53(63(46)54)45-14-4-3-5-15-45/h3-31,35-38,42-44H,32-34,39-41H2,1-2H3. The number of benzene rings is 9. The zero-order valence-electron chi connectivity index (χ0n) is 38.4. The summed E-state index contributed by atoms with van der Waals surface area (Å²) in [6.07, 6.45) is 8.59. The Balaban J connectivity index is 0.941. The number of para-hydroxylation sites is 2. The third-order valence-corrected chi connectivity index (χ3v) is 16.9. The first-order valence-corrected chi connectivity index (χ1v) is 24.7. The largest absolute Gasteiger partial charge is 0.310 e. The Morgan fingerprint density at radius 2 is 1.01 bits per heavy atom. The molecule has 0 spiro atoms. The van der Waals surface area contributed by atoms with Crippen LogP contribution in [-0.2, 0) is 10.8 Å². The molecule has 0 atom stereocenters. The van der Waals surface area contributed by atoms with E-state index in [1.807, 2.05) is 0 Å². The normalized spacial score (nSPS) is 21.0. The van der Waals surface area contributed by atoms with Gasteiger partial charge in [0, 0.05) is 38.9 Å². The van der Waals surface area contributed by atoms with Crippen molar-refractivity contribution in [2.75, 3.05) is 4.90 Å². The Labute approximate surface area is 394 Å². The van der Waals surface area contributed by atoms with Crippen molar-refractivity contribution in [1.29, 1.82) is 0 Å². The molecule has 67 heavy (non-hydrogen) atoms. The second kappa shape index (κ2) is 14.7. The summed E-state index contributed by atoms with van der Waals surface area (Å²) in [5, 5.41) is 5.06. The number of hydrogen-bond donors (Lipinski definition) is 0. The molecule has 9 aromatic carbocycles. The molecule has 15 rings (SSSR count). The number of anilines is 3. The van der Waals surface area contributed by atoms with Crippen molar-refractivity contribution in [2.24, 2.45) is 17.8 Å². The lowest BCUT2D eigenvalue weighted by Gasteiger charge is -2.57. The van der Waals surface area contributed by atoms with Crippen molar-refractivity contribution < 1.29 is 0 Å². The Morgan fingerprint density at radius 1 is 0.433 bits per heavy atom. The molecule has 0 unspecified atom stereocenters. The molecule has 5 aliphatic carbocycles. The quantitative estimate of drug-likeness (QED) is 0.155. The second-order valence-corrected chi connectivity index (χ2v) is 21.2. The zero-order chi connectivity index (χ0) is 44.4. The molecule has 324 valence electrons. The zero-order valence-corrected chi connectivity index (χ0v) is 38.4. The molecule has 4 bridgehead atoms. The van der Waals surface area contributed by atoms with Crippen LogP contribution in [0.1, 0.15) is 69.1 Å². The summed E-state index contributed by atoms with van der Waals surface area (Å²) < 4.78 is 2.44. The van der Waals surface area contributed by atoms with E-state index in [0.29, 0.717) is 5.41 Å². The van der Waals surface area contributed by atoms with Crippen molar-refractivity contribution in [2.45, 2.75) is 63.2 Å². The predicted molar refractivity (Wildman–Crippen MR) is 281 cm³/mol. The van der Waals surface area contributed by atoms with Gasteiger partial charge in [-0.3, -0.25) is 0 Å². The molecule has 10 aromatic rings. The van der Waals surface area contributed by atoms with Crippen molar-refractivity contribution in [1.82, 2.24) is 4.57 Å². The molecule has 1 heterocycles. The van der Waals surface area contributed by atoms with Gasteiger partial charge in [-0.25, -0.2) is 0 Å². The van der Waals surface area contributed by atoms with Crippen LogP contribution in [0.15, 0.2) is 200 Å². The molecule has 0 aliphatic heterocycles. The molecule has 4 fully saturated rings. The van der Waals surface area contributed by atoms with Crippen LogP contribution < -0.4 is 4.90 Å². The van der Waals surface area contributed by atoms with Crippen LogP contribution in [0.4, 0.5) is 17.1 Å². The van der Waals surface area contributed by atoms with E-state index < -0.39 is 0 Å². The molecule has 0 saturated heterocycles. The Morgan fingerprint density at radius 3 is 1.72 bits per heavy atom. The maximum absolute atomic E-state index is 2.65. The molecule has 2 heteroatoms. The van der Waals surface area contributed by atoms with Gasteiger partial charge < -0.3 is 9.47 Å². The Hall–Kier alpha value is -7.16. The van der Waals surface area contributed by atoms with E-state index in [4.69, 9.17) is 0 Å². The second-order valence-electron chi connectivity index (χ2n) is 21.2. The van der Waals surface area contributed by atoms with Gasteiger partial charge in [0.1, 0.15) is 0 Å². The first-order valence-electron chi connectivity index (χ1n) is 24.7. The molecule has 0 amide bonds. The van der Waals surface area contributed by atoms with Crippen molar-refractivity contribution in [3.8, 4) is 39.1 Å². The highest BCUT2D eigenvalue weighted by molar-refractivity contribution is 6.09. The van der Waals surface area contributed by atoms with Crippen LogP contribution in [-0.4, -0.2) is 4.57 Å². The fraction of sp³-hybridized carbons (Fsp3) is 0.200. The average Bonchev–Trinajstić information content (AvgIpc) is 3.81. The predicted octanol–water partition coefficient (Wildman–Crippen LogP) is 17.5. The Bertz CT molecular complexity index is 3510. The minimum absolute atomic E-state index is 0.143. The van der Waals surface area contributed by atoms with Gasteiger partial charge in [-0.15, -0.1) is 0 Å². The summed E-state index contributed by atoms with van der Waals surface area (Å²) in [4.78, 5) is 2.50. The molecule has 1 aromatic heterocycles. The molecule has 4 saturated carbocycles. The number of nitrogens with zero attached hydrogens (tertiary/aromatic N) is 2. The van der Waals surface area contributed by atoms with E-state index in [0.717, 1.165) is 34.8 Å². The number of aromatic nitrogens is 1. The first kappa shape index (κ1) is 39.0. The van der Waals surface area contributed by atoms with Crippen LogP contribution in [0.3, 0.4) is 0 Å². The third-order valence-electron chi connectivity index (χ3n) is 16.9. The lowest BCUT2D eigenvalue weighted by Crippen LogP contribution is -2.48. The fourth-order valence-electron chi connectivity index (χ4n) is 14.3. The van der Waals surface area contributed by atoms with Crippen LogP contribution >= 0.6 is 0 Å². The maximum atomic E-state index is 2.65. The summed E-state index contributed by atoms with van der Waals surface area (Å²) in [6.45, 7) is 4.90. The molecule has 0 radical (unpaired) electrons. The SMILES string of the molecule is CC1(C)c2ccc(C34CC5CC(CC(C5)C3)C4)cc2-c2ccc(N(c3cccc(-c4cccc5cccc(-c6ccccc6)c45)c3)c3cccc(-n4c5ccccc5c5ccccc54)c3)cc21. The summed E-state index contributed by atoms with van der Waals surface area (Å²) in [5.41, 5.74) is 19.4. The molecule has 2 nitrogen and oxygen atoms in total. The fourth-order valence-corrected chi connectivity index (χ4v) is 14.3. The van der Waals surface area contributed by atoms with E-state index in [1.54, 1.807) is 5.56 Å². The van der Waals surface area contributed by atoms with E-state index in [-0.39, 0.29) is 5.41 Å². The molecule has 5 aliphatic rings. The summed E-state index contributed by atoms with van der Waals surface area (Å²) in [6, 6.07) is 75.5. The van der Waals surface area contributed by atoms with Gasteiger partial charge in [-0.2, -0.15) is 0 Å².